The summed E-state index contributed by atoms with van der Waals surface area (Å²) >= 11 is 1.14. The van der Waals surface area contributed by atoms with Gasteiger partial charge in [-0.05, 0) is 49.4 Å². The predicted molar refractivity (Wildman–Crippen MR) is 115 cm³/mol. The third-order valence-corrected chi connectivity index (χ3v) is 5.66. The molecule has 0 aliphatic heterocycles. The molecule has 4 aromatic rings. The molecule has 2 heterocycles. The Morgan fingerprint density at radius 3 is 2.45 bits per heavy atom. The smallest absolute Gasteiger partial charge is 0.265 e. The predicted octanol–water partition coefficient (Wildman–Crippen LogP) is 6.10. The van der Waals surface area contributed by atoms with Crippen LogP contribution in [0.1, 0.15) is 25.8 Å². The van der Waals surface area contributed by atoms with E-state index in [-0.39, 0.29) is 17.1 Å². The molecule has 5 nitrogen and oxygen atoms in total. The second-order valence-electron chi connectivity index (χ2n) is 6.64. The van der Waals surface area contributed by atoms with E-state index in [0.717, 1.165) is 17.4 Å². The van der Waals surface area contributed by atoms with Crippen molar-refractivity contribution in [2.24, 2.45) is 0 Å². The summed E-state index contributed by atoms with van der Waals surface area (Å²) in [5.41, 5.74) is 0.911. The van der Waals surface area contributed by atoms with Gasteiger partial charge in [-0.2, -0.15) is 0 Å². The molecule has 2 amide bonds. The number of furan rings is 1. The first-order valence-corrected chi connectivity index (χ1v) is 10.0. The molecule has 0 bridgehead atoms. The molecule has 4 rings (SSSR count). The summed E-state index contributed by atoms with van der Waals surface area (Å²) in [5.74, 6) is -1.57. The van der Waals surface area contributed by atoms with Crippen LogP contribution in [0, 0.1) is 18.6 Å². The van der Waals surface area contributed by atoms with Crippen molar-refractivity contribution < 1.29 is 22.8 Å². The number of carbonyl (C=O) groups is 2. The molecular weight excluding hydrogens is 422 g/mol. The normalized spacial score (nSPS) is 10.7. The summed E-state index contributed by atoms with van der Waals surface area (Å²) in [6.45, 7) is 1.62. The van der Waals surface area contributed by atoms with E-state index in [0.29, 0.717) is 26.8 Å². The number of hydrogen-bond donors (Lipinski definition) is 2. The number of rotatable bonds is 5. The van der Waals surface area contributed by atoms with Crippen LogP contribution in [0.15, 0.2) is 71.3 Å². The molecule has 0 saturated heterocycles. The number of carbonyl (C=O) groups excluding carboxylic acids is 2. The Hall–Kier alpha value is -3.78. The Morgan fingerprint density at radius 2 is 1.71 bits per heavy atom. The van der Waals surface area contributed by atoms with Gasteiger partial charge in [0.05, 0.1) is 22.4 Å². The van der Waals surface area contributed by atoms with E-state index >= 15 is 0 Å². The standard InChI is InChI=1S/C23H16F2N2O3S/c1-13-15(10-11-30-13)22(28)27-19-12-14(6-7-18(19)25)26-23(29)21-9-8-20(31-21)16-4-2-3-5-17(16)24/h2-12H,1H3,(H,26,29)(H,27,28). The zero-order chi connectivity index (χ0) is 22.0. The molecule has 0 aliphatic rings. The van der Waals surface area contributed by atoms with Crippen LogP contribution in [0.25, 0.3) is 10.4 Å². The van der Waals surface area contributed by atoms with Crippen molar-refractivity contribution in [2.45, 2.75) is 6.92 Å². The maximum Gasteiger partial charge on any atom is 0.265 e. The van der Waals surface area contributed by atoms with E-state index in [1.165, 1.54) is 30.5 Å². The molecule has 2 aromatic carbocycles. The Balaban J connectivity index is 1.50. The van der Waals surface area contributed by atoms with Gasteiger partial charge in [-0.1, -0.05) is 18.2 Å². The lowest BCUT2D eigenvalue weighted by molar-refractivity contribution is 0.102. The minimum absolute atomic E-state index is 0.0818. The first kappa shape index (κ1) is 20.5. The number of hydrogen-bond acceptors (Lipinski definition) is 4. The van der Waals surface area contributed by atoms with Gasteiger partial charge in [0.2, 0.25) is 0 Å². The summed E-state index contributed by atoms with van der Waals surface area (Å²) in [6, 6.07) is 14.9. The quantitative estimate of drug-likeness (QED) is 0.396. The van der Waals surface area contributed by atoms with Crippen molar-refractivity contribution in [3.8, 4) is 10.4 Å². The number of thiophene rings is 1. The molecule has 2 N–H and O–H groups in total. The monoisotopic (exact) mass is 438 g/mol. The van der Waals surface area contributed by atoms with Crippen molar-refractivity contribution in [2.75, 3.05) is 10.6 Å². The van der Waals surface area contributed by atoms with E-state index in [4.69, 9.17) is 4.42 Å². The average molecular weight is 438 g/mol. The number of nitrogens with one attached hydrogen (secondary N) is 2. The van der Waals surface area contributed by atoms with E-state index in [1.54, 1.807) is 37.3 Å². The minimum atomic E-state index is -0.648. The molecule has 156 valence electrons. The van der Waals surface area contributed by atoms with Crippen molar-refractivity contribution in [3.63, 3.8) is 0 Å². The van der Waals surface area contributed by atoms with Gasteiger partial charge in [-0.25, -0.2) is 8.78 Å². The lowest BCUT2D eigenvalue weighted by atomic mass is 10.2. The highest BCUT2D eigenvalue weighted by molar-refractivity contribution is 7.17. The Labute approximate surface area is 180 Å². The van der Waals surface area contributed by atoms with Crippen LogP contribution >= 0.6 is 11.3 Å². The summed E-state index contributed by atoms with van der Waals surface area (Å²) in [5, 5.41) is 5.14. The molecule has 0 saturated carbocycles. The van der Waals surface area contributed by atoms with Crippen LogP contribution in [0.2, 0.25) is 0 Å². The lowest BCUT2D eigenvalue weighted by Gasteiger charge is -2.09. The highest BCUT2D eigenvalue weighted by Crippen LogP contribution is 2.30. The molecule has 0 atom stereocenters. The lowest BCUT2D eigenvalue weighted by Crippen LogP contribution is -2.14. The highest BCUT2D eigenvalue weighted by Gasteiger charge is 2.16. The van der Waals surface area contributed by atoms with E-state index in [9.17, 15) is 18.4 Å². The van der Waals surface area contributed by atoms with Crippen LogP contribution in [0.3, 0.4) is 0 Å². The number of aryl methyl sites for hydroxylation is 1. The zero-order valence-electron chi connectivity index (χ0n) is 16.2. The molecule has 0 radical (unpaired) electrons. The highest BCUT2D eigenvalue weighted by atomic mass is 32.1. The first-order valence-electron chi connectivity index (χ1n) is 9.23. The first-order chi connectivity index (χ1) is 14.9. The summed E-state index contributed by atoms with van der Waals surface area (Å²) in [7, 11) is 0. The van der Waals surface area contributed by atoms with Gasteiger partial charge >= 0.3 is 0 Å². The Morgan fingerprint density at radius 1 is 0.903 bits per heavy atom. The molecule has 0 aliphatic carbocycles. The van der Waals surface area contributed by atoms with Gasteiger partial charge in [0.1, 0.15) is 17.4 Å². The molecule has 2 aromatic heterocycles. The van der Waals surface area contributed by atoms with Crippen LogP contribution in [-0.2, 0) is 0 Å². The number of anilines is 2. The van der Waals surface area contributed by atoms with Gasteiger partial charge in [0, 0.05) is 16.1 Å². The molecule has 31 heavy (non-hydrogen) atoms. The molecule has 0 spiro atoms. The zero-order valence-corrected chi connectivity index (χ0v) is 17.1. The maximum absolute atomic E-state index is 14.2. The fourth-order valence-corrected chi connectivity index (χ4v) is 3.90. The second kappa shape index (κ2) is 8.53. The maximum atomic E-state index is 14.2. The Kier molecular flexibility index (Phi) is 5.64. The third-order valence-electron chi connectivity index (χ3n) is 4.54. The van der Waals surface area contributed by atoms with Gasteiger partial charge in [-0.3, -0.25) is 9.59 Å². The van der Waals surface area contributed by atoms with E-state index in [1.807, 2.05) is 0 Å². The topological polar surface area (TPSA) is 71.3 Å². The molecule has 0 unspecified atom stereocenters. The number of benzene rings is 2. The second-order valence-corrected chi connectivity index (χ2v) is 7.72. The van der Waals surface area contributed by atoms with Crippen LogP contribution in [-0.4, -0.2) is 11.8 Å². The largest absolute Gasteiger partial charge is 0.469 e. The van der Waals surface area contributed by atoms with Gasteiger partial charge < -0.3 is 15.1 Å². The van der Waals surface area contributed by atoms with Crippen LogP contribution in [0.5, 0.6) is 0 Å². The third kappa shape index (κ3) is 4.39. The number of amides is 2. The summed E-state index contributed by atoms with van der Waals surface area (Å²) in [4.78, 5) is 25.9. The summed E-state index contributed by atoms with van der Waals surface area (Å²) in [6.07, 6.45) is 1.37. The van der Waals surface area contributed by atoms with Crippen molar-refractivity contribution in [1.29, 1.82) is 0 Å². The van der Waals surface area contributed by atoms with Crippen molar-refractivity contribution in [3.05, 3.63) is 94.8 Å². The van der Waals surface area contributed by atoms with Gasteiger partial charge in [-0.15, -0.1) is 11.3 Å². The average Bonchev–Trinajstić information content (AvgIpc) is 3.40. The SMILES string of the molecule is Cc1occc1C(=O)Nc1cc(NC(=O)c2ccc(-c3ccccc3F)s2)ccc1F. The fourth-order valence-electron chi connectivity index (χ4n) is 2.97. The van der Waals surface area contributed by atoms with Crippen LogP contribution in [0.4, 0.5) is 20.2 Å². The summed E-state index contributed by atoms with van der Waals surface area (Å²) < 4.78 is 33.2. The molecule has 0 fully saturated rings. The van der Waals surface area contributed by atoms with Gasteiger partial charge in [0.25, 0.3) is 11.8 Å². The molecular formula is C23H16F2N2O3S. The van der Waals surface area contributed by atoms with Crippen LogP contribution < -0.4 is 10.6 Å². The minimum Gasteiger partial charge on any atom is -0.469 e. The van der Waals surface area contributed by atoms with Crippen molar-refractivity contribution >= 4 is 34.5 Å². The van der Waals surface area contributed by atoms with E-state index < -0.39 is 17.6 Å². The Bertz CT molecular complexity index is 1280. The van der Waals surface area contributed by atoms with E-state index in [2.05, 4.69) is 10.6 Å². The number of halogens is 2. The van der Waals surface area contributed by atoms with Gasteiger partial charge in [0.15, 0.2) is 0 Å². The van der Waals surface area contributed by atoms with Crippen molar-refractivity contribution in [1.82, 2.24) is 0 Å². The fraction of sp³-hybridized carbons (Fsp3) is 0.0435. The molecule has 8 heteroatoms.